The predicted octanol–water partition coefficient (Wildman–Crippen LogP) is 2.94. The molecule has 170 valence electrons. The number of aryl methyl sites for hydroxylation is 1. The zero-order valence-electron chi connectivity index (χ0n) is 17.6. The number of hydrogen-bond donors (Lipinski definition) is 2. The Hall–Kier alpha value is -3.34. The first-order chi connectivity index (χ1) is 15.1. The van der Waals surface area contributed by atoms with Crippen molar-refractivity contribution in [2.24, 2.45) is 7.05 Å². The van der Waals surface area contributed by atoms with Crippen molar-refractivity contribution in [3.05, 3.63) is 51.9 Å². The molecule has 1 aromatic carbocycles. The lowest BCUT2D eigenvalue weighted by atomic mass is 10.0. The van der Waals surface area contributed by atoms with Crippen molar-refractivity contribution in [1.29, 1.82) is 0 Å². The molecule has 0 amide bonds. The molecule has 1 saturated heterocycles. The van der Waals surface area contributed by atoms with Gasteiger partial charge in [0.1, 0.15) is 5.82 Å². The quantitative estimate of drug-likeness (QED) is 0.592. The van der Waals surface area contributed by atoms with Crippen LogP contribution in [0, 0.1) is 0 Å². The Morgan fingerprint density at radius 1 is 1.16 bits per heavy atom. The van der Waals surface area contributed by atoms with Crippen LogP contribution in [0.2, 0.25) is 0 Å². The number of morpholine rings is 1. The summed E-state index contributed by atoms with van der Waals surface area (Å²) in [5.41, 5.74) is 4.94. The normalized spacial score (nSPS) is 15.7. The molecule has 0 saturated carbocycles. The number of anilines is 3. The fourth-order valence-corrected chi connectivity index (χ4v) is 3.68. The van der Waals surface area contributed by atoms with Crippen molar-refractivity contribution in [2.75, 3.05) is 42.3 Å². The van der Waals surface area contributed by atoms with E-state index in [-0.39, 0.29) is 11.2 Å². The number of benzene rings is 1. The van der Waals surface area contributed by atoms with Crippen LogP contribution in [-0.2, 0) is 18.0 Å². The molecule has 3 aromatic rings. The van der Waals surface area contributed by atoms with Gasteiger partial charge >= 0.3 is 6.18 Å². The summed E-state index contributed by atoms with van der Waals surface area (Å²) in [5.74, 6) is 1.04. The third-order valence-electron chi connectivity index (χ3n) is 5.41. The molecule has 1 aliphatic heterocycles. The van der Waals surface area contributed by atoms with Crippen molar-refractivity contribution >= 4 is 28.1 Å². The number of nitrogens with two attached hydrogens (primary N) is 1. The van der Waals surface area contributed by atoms with Gasteiger partial charge < -0.3 is 20.7 Å². The molecular weight excluding hydrogens is 425 g/mol. The van der Waals surface area contributed by atoms with E-state index in [1.54, 1.807) is 13.0 Å². The molecule has 0 bridgehead atoms. The highest BCUT2D eigenvalue weighted by molar-refractivity contribution is 5.92. The van der Waals surface area contributed by atoms with Gasteiger partial charge in [-0.3, -0.25) is 4.79 Å². The fraction of sp³-hybridized carbons (Fsp3) is 0.381. The van der Waals surface area contributed by atoms with Gasteiger partial charge in [-0.25, -0.2) is 9.67 Å². The highest BCUT2D eigenvalue weighted by atomic mass is 19.4. The highest BCUT2D eigenvalue weighted by Crippen LogP contribution is 2.34. The number of alkyl halides is 3. The highest BCUT2D eigenvalue weighted by Gasteiger charge is 2.31. The first-order valence-electron chi connectivity index (χ1n) is 10.1. The van der Waals surface area contributed by atoms with E-state index < -0.39 is 17.8 Å². The number of hydrogen-bond acceptors (Lipinski definition) is 7. The van der Waals surface area contributed by atoms with E-state index in [9.17, 15) is 18.0 Å². The van der Waals surface area contributed by atoms with E-state index in [0.717, 1.165) is 12.1 Å². The van der Waals surface area contributed by atoms with Gasteiger partial charge in [0, 0.05) is 37.4 Å². The third-order valence-corrected chi connectivity index (χ3v) is 5.41. The Morgan fingerprint density at radius 2 is 1.88 bits per heavy atom. The summed E-state index contributed by atoms with van der Waals surface area (Å²) in [6.07, 6.45) is -3.01. The minimum absolute atomic E-state index is 0.0144. The van der Waals surface area contributed by atoms with Gasteiger partial charge in [0.05, 0.1) is 30.2 Å². The van der Waals surface area contributed by atoms with Crippen molar-refractivity contribution in [3.63, 3.8) is 0 Å². The lowest BCUT2D eigenvalue weighted by Gasteiger charge is -2.28. The molecule has 11 heteroatoms. The smallest absolute Gasteiger partial charge is 0.399 e. The minimum Gasteiger partial charge on any atom is -0.399 e. The van der Waals surface area contributed by atoms with Crippen LogP contribution in [0.4, 0.5) is 30.5 Å². The summed E-state index contributed by atoms with van der Waals surface area (Å²) in [6, 6.07) is 4.64. The summed E-state index contributed by atoms with van der Waals surface area (Å²) in [5, 5.41) is 8.35. The maximum Gasteiger partial charge on any atom is 0.416 e. The van der Waals surface area contributed by atoms with Crippen molar-refractivity contribution in [3.8, 4) is 0 Å². The first-order valence-corrected chi connectivity index (χ1v) is 10.1. The third kappa shape index (κ3) is 4.33. The molecule has 0 radical (unpaired) electrons. The van der Waals surface area contributed by atoms with Gasteiger partial charge in [0.15, 0.2) is 5.82 Å². The van der Waals surface area contributed by atoms with E-state index in [1.807, 2.05) is 4.90 Å². The van der Waals surface area contributed by atoms with E-state index in [2.05, 4.69) is 15.4 Å². The second kappa shape index (κ2) is 8.30. The lowest BCUT2D eigenvalue weighted by molar-refractivity contribution is -0.137. The number of halogens is 3. The molecule has 4 rings (SSSR count). The van der Waals surface area contributed by atoms with E-state index in [1.165, 1.54) is 24.0 Å². The Bertz CT molecular complexity index is 1200. The van der Waals surface area contributed by atoms with Crippen LogP contribution in [0.25, 0.3) is 10.8 Å². The molecule has 32 heavy (non-hydrogen) atoms. The summed E-state index contributed by atoms with van der Waals surface area (Å²) in [4.78, 5) is 19.0. The summed E-state index contributed by atoms with van der Waals surface area (Å²) >= 11 is 0. The maximum absolute atomic E-state index is 13.2. The molecule has 1 atom stereocenters. The van der Waals surface area contributed by atoms with E-state index in [0.29, 0.717) is 54.3 Å². The zero-order valence-corrected chi connectivity index (χ0v) is 17.6. The van der Waals surface area contributed by atoms with E-state index in [4.69, 9.17) is 10.5 Å². The standard InChI is InChI=1S/C21H23F3N6O2/c1-12(13-7-14(21(22,23)24)9-15(25)8-13)27-19-16-10-18(30-3-5-32-6-4-30)26-11-17(16)20(31)29(2)28-19/h7-12H,3-6,25H2,1-2H3,(H,27,28)/t12-/m1/s1. The molecular formula is C21H23F3N6O2. The predicted molar refractivity (Wildman–Crippen MR) is 116 cm³/mol. The molecule has 1 fully saturated rings. The average molecular weight is 448 g/mol. The number of nitrogens with zero attached hydrogens (tertiary/aromatic N) is 4. The first kappa shape index (κ1) is 21.9. The number of nitrogens with one attached hydrogen (secondary N) is 1. The Kier molecular flexibility index (Phi) is 5.68. The lowest BCUT2D eigenvalue weighted by Crippen LogP contribution is -2.36. The summed E-state index contributed by atoms with van der Waals surface area (Å²) in [7, 11) is 1.51. The molecule has 3 N–H and O–H groups in total. The second-order valence-electron chi connectivity index (χ2n) is 7.72. The number of pyridine rings is 1. The van der Waals surface area contributed by atoms with Crippen molar-refractivity contribution in [1.82, 2.24) is 14.8 Å². The number of rotatable bonds is 4. The number of nitrogen functional groups attached to an aromatic ring is 1. The van der Waals surface area contributed by atoms with Gasteiger partial charge in [-0.1, -0.05) is 0 Å². The van der Waals surface area contributed by atoms with Crippen LogP contribution in [0.5, 0.6) is 0 Å². The molecule has 0 spiro atoms. The number of aromatic nitrogens is 3. The molecule has 1 aliphatic rings. The Morgan fingerprint density at radius 3 is 2.56 bits per heavy atom. The fourth-order valence-electron chi connectivity index (χ4n) is 3.68. The molecule has 0 aliphatic carbocycles. The molecule has 3 heterocycles. The second-order valence-corrected chi connectivity index (χ2v) is 7.72. The average Bonchev–Trinajstić information content (AvgIpc) is 2.76. The van der Waals surface area contributed by atoms with Crippen molar-refractivity contribution in [2.45, 2.75) is 19.1 Å². The van der Waals surface area contributed by atoms with Gasteiger partial charge in [0.2, 0.25) is 0 Å². The van der Waals surface area contributed by atoms with Gasteiger partial charge in [-0.2, -0.15) is 18.3 Å². The number of ether oxygens (including phenoxy) is 1. The number of fused-ring (bicyclic) bond motifs is 1. The molecule has 0 unspecified atom stereocenters. The van der Waals surface area contributed by atoms with Crippen LogP contribution in [-0.4, -0.2) is 41.1 Å². The summed E-state index contributed by atoms with van der Waals surface area (Å²) in [6.45, 7) is 4.19. The van der Waals surface area contributed by atoms with Crippen LogP contribution in [0.15, 0.2) is 35.3 Å². The molecule has 2 aromatic heterocycles. The van der Waals surface area contributed by atoms with Crippen LogP contribution < -0.4 is 21.5 Å². The van der Waals surface area contributed by atoms with E-state index >= 15 is 0 Å². The minimum atomic E-state index is -4.51. The van der Waals surface area contributed by atoms with Crippen LogP contribution >= 0.6 is 0 Å². The van der Waals surface area contributed by atoms with Crippen LogP contribution in [0.3, 0.4) is 0 Å². The van der Waals surface area contributed by atoms with Gasteiger partial charge in [0.25, 0.3) is 5.56 Å². The molecule has 8 nitrogen and oxygen atoms in total. The van der Waals surface area contributed by atoms with Crippen LogP contribution in [0.1, 0.15) is 24.1 Å². The van der Waals surface area contributed by atoms with Gasteiger partial charge in [-0.05, 0) is 36.8 Å². The van der Waals surface area contributed by atoms with Crippen molar-refractivity contribution < 1.29 is 17.9 Å². The Labute approximate surface area is 181 Å². The van der Waals surface area contributed by atoms with Gasteiger partial charge in [-0.15, -0.1) is 0 Å². The SMILES string of the molecule is C[C@@H](Nc1nn(C)c(=O)c2cnc(N3CCOCC3)cc12)c1cc(N)cc(C(F)(F)F)c1. The zero-order chi connectivity index (χ0) is 23.0. The largest absolute Gasteiger partial charge is 0.416 e. The Balaban J connectivity index is 1.74. The summed E-state index contributed by atoms with van der Waals surface area (Å²) < 4.78 is 46.2. The monoisotopic (exact) mass is 448 g/mol. The maximum atomic E-state index is 13.2. The topological polar surface area (TPSA) is 98.3 Å².